The van der Waals surface area contributed by atoms with E-state index in [4.69, 9.17) is 0 Å². The summed E-state index contributed by atoms with van der Waals surface area (Å²) >= 11 is 0. The number of nitro benzene ring substituents is 1. The molecule has 2 amide bonds. The average molecular weight is 371 g/mol. The SMILES string of the molecule is C[C@H](NC(=O)C12CC3CC(CC(C3)C1)C2)C(=O)Nc1cccc([N+](=O)[O-])c1. The molecule has 1 aromatic carbocycles. The zero-order valence-electron chi connectivity index (χ0n) is 15.4. The molecule has 7 heteroatoms. The van der Waals surface area contributed by atoms with E-state index in [0.29, 0.717) is 23.4 Å². The molecule has 4 aliphatic carbocycles. The highest BCUT2D eigenvalue weighted by Crippen LogP contribution is 2.60. The molecule has 7 nitrogen and oxygen atoms in total. The predicted octanol–water partition coefficient (Wildman–Crippen LogP) is 3.25. The van der Waals surface area contributed by atoms with Crippen molar-refractivity contribution in [1.29, 1.82) is 0 Å². The molecular formula is C20H25N3O4. The summed E-state index contributed by atoms with van der Waals surface area (Å²) < 4.78 is 0. The molecule has 4 aliphatic rings. The van der Waals surface area contributed by atoms with E-state index in [2.05, 4.69) is 10.6 Å². The Labute approximate surface area is 158 Å². The van der Waals surface area contributed by atoms with Crippen LogP contribution in [0.5, 0.6) is 0 Å². The first-order valence-electron chi connectivity index (χ1n) is 9.71. The average Bonchev–Trinajstić information content (AvgIpc) is 2.60. The number of nitro groups is 1. The van der Waals surface area contributed by atoms with Crippen LogP contribution in [0.15, 0.2) is 24.3 Å². The van der Waals surface area contributed by atoms with Crippen LogP contribution in [0, 0.1) is 33.3 Å². The third-order valence-corrected chi connectivity index (χ3v) is 6.59. The largest absolute Gasteiger partial charge is 0.344 e. The Morgan fingerprint density at radius 1 is 1.15 bits per heavy atom. The van der Waals surface area contributed by atoms with E-state index in [9.17, 15) is 19.7 Å². The van der Waals surface area contributed by atoms with Crippen molar-refractivity contribution in [2.45, 2.75) is 51.5 Å². The van der Waals surface area contributed by atoms with Crippen LogP contribution in [0.4, 0.5) is 11.4 Å². The molecule has 0 saturated heterocycles. The number of hydrogen-bond acceptors (Lipinski definition) is 4. The third-order valence-electron chi connectivity index (χ3n) is 6.59. The van der Waals surface area contributed by atoms with Crippen molar-refractivity contribution in [2.75, 3.05) is 5.32 Å². The fourth-order valence-electron chi connectivity index (χ4n) is 5.75. The summed E-state index contributed by atoms with van der Waals surface area (Å²) in [4.78, 5) is 35.8. The lowest BCUT2D eigenvalue weighted by Crippen LogP contribution is -2.56. The highest BCUT2D eigenvalue weighted by Gasteiger charge is 2.54. The number of non-ortho nitro benzene ring substituents is 1. The summed E-state index contributed by atoms with van der Waals surface area (Å²) in [6.07, 6.45) is 6.62. The molecule has 4 saturated carbocycles. The molecule has 2 N–H and O–H groups in total. The minimum Gasteiger partial charge on any atom is -0.344 e. The molecule has 0 spiro atoms. The molecule has 144 valence electrons. The van der Waals surface area contributed by atoms with Crippen molar-refractivity contribution in [3.63, 3.8) is 0 Å². The van der Waals surface area contributed by atoms with Gasteiger partial charge in [0, 0.05) is 23.2 Å². The molecular weight excluding hydrogens is 346 g/mol. The van der Waals surface area contributed by atoms with E-state index >= 15 is 0 Å². The molecule has 5 rings (SSSR count). The molecule has 0 aliphatic heterocycles. The van der Waals surface area contributed by atoms with Gasteiger partial charge in [0.1, 0.15) is 6.04 Å². The number of anilines is 1. The fraction of sp³-hybridized carbons (Fsp3) is 0.600. The number of rotatable bonds is 5. The van der Waals surface area contributed by atoms with Gasteiger partial charge in [-0.2, -0.15) is 0 Å². The number of nitrogens with zero attached hydrogens (tertiary/aromatic N) is 1. The van der Waals surface area contributed by atoms with Crippen molar-refractivity contribution < 1.29 is 14.5 Å². The molecule has 0 radical (unpaired) electrons. The van der Waals surface area contributed by atoms with Gasteiger partial charge in [-0.3, -0.25) is 19.7 Å². The Bertz CT molecular complexity index is 756. The highest BCUT2D eigenvalue weighted by atomic mass is 16.6. The number of amides is 2. The van der Waals surface area contributed by atoms with E-state index in [-0.39, 0.29) is 22.9 Å². The number of benzene rings is 1. The van der Waals surface area contributed by atoms with Gasteiger partial charge in [-0.15, -0.1) is 0 Å². The maximum atomic E-state index is 13.0. The van der Waals surface area contributed by atoms with Crippen molar-refractivity contribution in [3.05, 3.63) is 34.4 Å². The quantitative estimate of drug-likeness (QED) is 0.613. The Kier molecular flexibility index (Phi) is 4.40. The van der Waals surface area contributed by atoms with Crippen LogP contribution in [0.1, 0.15) is 45.4 Å². The van der Waals surface area contributed by atoms with Crippen LogP contribution in [0.2, 0.25) is 0 Å². The summed E-state index contributed by atoms with van der Waals surface area (Å²) in [7, 11) is 0. The first-order chi connectivity index (χ1) is 12.8. The van der Waals surface area contributed by atoms with Crippen LogP contribution in [0.3, 0.4) is 0 Å². The van der Waals surface area contributed by atoms with Crippen molar-refractivity contribution >= 4 is 23.2 Å². The summed E-state index contributed by atoms with van der Waals surface area (Å²) in [6.45, 7) is 1.66. The minimum absolute atomic E-state index is 0.00305. The Hall–Kier alpha value is -2.44. The Morgan fingerprint density at radius 2 is 1.74 bits per heavy atom. The van der Waals surface area contributed by atoms with Gasteiger partial charge in [-0.1, -0.05) is 6.07 Å². The lowest BCUT2D eigenvalue weighted by atomic mass is 9.49. The summed E-state index contributed by atoms with van der Waals surface area (Å²) in [5, 5.41) is 16.4. The Balaban J connectivity index is 1.39. The lowest BCUT2D eigenvalue weighted by Gasteiger charge is -2.55. The minimum atomic E-state index is -0.690. The molecule has 27 heavy (non-hydrogen) atoms. The van der Waals surface area contributed by atoms with Gasteiger partial charge in [-0.05, 0) is 69.3 Å². The standard InChI is InChI=1S/C20H25N3O4/c1-12(18(24)22-16-3-2-4-17(8-16)23(26)27)21-19(25)20-9-13-5-14(10-20)7-15(6-13)11-20/h2-4,8,12-15H,5-7,9-11H2,1H3,(H,21,25)(H,22,24)/t12-,13?,14?,15?,20?/m0/s1. The molecule has 0 heterocycles. The third kappa shape index (κ3) is 3.42. The second-order valence-corrected chi connectivity index (χ2v) is 8.69. The summed E-state index contributed by atoms with van der Waals surface area (Å²) in [5.74, 6) is 1.62. The monoisotopic (exact) mass is 371 g/mol. The van der Waals surface area contributed by atoms with Gasteiger partial charge in [0.15, 0.2) is 0 Å². The van der Waals surface area contributed by atoms with Crippen molar-refractivity contribution in [1.82, 2.24) is 5.32 Å². The van der Waals surface area contributed by atoms with Gasteiger partial charge in [0.25, 0.3) is 5.69 Å². The van der Waals surface area contributed by atoms with E-state index < -0.39 is 11.0 Å². The van der Waals surface area contributed by atoms with E-state index in [1.807, 2.05) is 0 Å². The van der Waals surface area contributed by atoms with Crippen LogP contribution in [0.25, 0.3) is 0 Å². The van der Waals surface area contributed by atoms with Gasteiger partial charge in [0.05, 0.1) is 4.92 Å². The van der Waals surface area contributed by atoms with Gasteiger partial charge in [0.2, 0.25) is 11.8 Å². The number of carbonyl (C=O) groups excluding carboxylic acids is 2. The van der Waals surface area contributed by atoms with Crippen LogP contribution < -0.4 is 10.6 Å². The zero-order valence-corrected chi connectivity index (χ0v) is 15.4. The van der Waals surface area contributed by atoms with Crippen LogP contribution in [-0.4, -0.2) is 22.8 Å². The van der Waals surface area contributed by atoms with Gasteiger partial charge < -0.3 is 10.6 Å². The summed E-state index contributed by atoms with van der Waals surface area (Å²) in [5.41, 5.74) is -0.0300. The first-order valence-corrected chi connectivity index (χ1v) is 9.71. The van der Waals surface area contributed by atoms with E-state index in [0.717, 1.165) is 19.3 Å². The smallest absolute Gasteiger partial charge is 0.271 e. The predicted molar refractivity (Wildman–Crippen MR) is 99.9 cm³/mol. The molecule has 0 aromatic heterocycles. The maximum Gasteiger partial charge on any atom is 0.271 e. The van der Waals surface area contributed by atoms with Crippen molar-refractivity contribution in [2.24, 2.45) is 23.2 Å². The number of carbonyl (C=O) groups is 2. The maximum absolute atomic E-state index is 13.0. The first kappa shape index (κ1) is 17.9. The van der Waals surface area contributed by atoms with E-state index in [1.54, 1.807) is 13.0 Å². The van der Waals surface area contributed by atoms with Crippen LogP contribution >= 0.6 is 0 Å². The molecule has 0 unspecified atom stereocenters. The second-order valence-electron chi connectivity index (χ2n) is 8.69. The zero-order chi connectivity index (χ0) is 19.2. The van der Waals surface area contributed by atoms with E-state index in [1.165, 1.54) is 37.5 Å². The molecule has 1 atom stereocenters. The van der Waals surface area contributed by atoms with Crippen LogP contribution in [-0.2, 0) is 9.59 Å². The normalized spacial score (nSPS) is 32.0. The number of nitrogens with one attached hydrogen (secondary N) is 2. The highest BCUT2D eigenvalue weighted by molar-refractivity contribution is 5.97. The topological polar surface area (TPSA) is 101 Å². The number of hydrogen-bond donors (Lipinski definition) is 2. The molecule has 4 fully saturated rings. The fourth-order valence-corrected chi connectivity index (χ4v) is 5.75. The Morgan fingerprint density at radius 3 is 2.30 bits per heavy atom. The molecule has 4 bridgehead atoms. The van der Waals surface area contributed by atoms with Crippen molar-refractivity contribution in [3.8, 4) is 0 Å². The second kappa shape index (κ2) is 6.62. The lowest BCUT2D eigenvalue weighted by molar-refractivity contribution is -0.384. The van der Waals surface area contributed by atoms with Gasteiger partial charge in [-0.25, -0.2) is 0 Å². The van der Waals surface area contributed by atoms with Gasteiger partial charge >= 0.3 is 0 Å². The molecule has 1 aromatic rings. The summed E-state index contributed by atoms with van der Waals surface area (Å²) in [6, 6.07) is 5.11.